The Balaban J connectivity index is 2.43. The standard InChI is InChI=1S/C17H29N3O/c1-7-13-12(2)14(18-5)20-15(19-13)17(21-6)10-8-16(3,4)9-11-17/h7-11H2,1-6H3,(H,18,19,20). The van der Waals surface area contributed by atoms with Crippen LogP contribution in [0.4, 0.5) is 5.82 Å². The number of methoxy groups -OCH3 is 1. The van der Waals surface area contributed by atoms with Crippen LogP contribution in [0.5, 0.6) is 0 Å². The third-order valence-electron chi connectivity index (χ3n) is 5.03. The smallest absolute Gasteiger partial charge is 0.162 e. The van der Waals surface area contributed by atoms with E-state index in [9.17, 15) is 0 Å². The number of anilines is 1. The van der Waals surface area contributed by atoms with Crippen molar-refractivity contribution in [3.05, 3.63) is 17.1 Å². The molecule has 1 fully saturated rings. The molecule has 0 bridgehead atoms. The van der Waals surface area contributed by atoms with Crippen molar-refractivity contribution in [1.82, 2.24) is 9.97 Å². The fourth-order valence-corrected chi connectivity index (χ4v) is 3.20. The summed E-state index contributed by atoms with van der Waals surface area (Å²) in [6.45, 7) is 8.89. The summed E-state index contributed by atoms with van der Waals surface area (Å²) in [5.74, 6) is 1.78. The molecule has 0 amide bonds. The van der Waals surface area contributed by atoms with Gasteiger partial charge in [0.05, 0.1) is 0 Å². The lowest BCUT2D eigenvalue weighted by Gasteiger charge is -2.41. The average Bonchev–Trinajstić information content (AvgIpc) is 2.48. The molecule has 1 aromatic heterocycles. The number of aryl methyl sites for hydroxylation is 1. The van der Waals surface area contributed by atoms with Gasteiger partial charge in [0, 0.05) is 25.4 Å². The molecular formula is C17H29N3O. The molecule has 1 aliphatic carbocycles. The Morgan fingerprint density at radius 3 is 2.24 bits per heavy atom. The fraction of sp³-hybridized carbons (Fsp3) is 0.765. The Kier molecular flexibility index (Phi) is 4.57. The largest absolute Gasteiger partial charge is 0.373 e. The highest BCUT2D eigenvalue weighted by atomic mass is 16.5. The molecule has 0 unspecified atom stereocenters. The molecule has 1 aliphatic rings. The van der Waals surface area contributed by atoms with Crippen LogP contribution >= 0.6 is 0 Å². The Morgan fingerprint density at radius 2 is 1.76 bits per heavy atom. The van der Waals surface area contributed by atoms with Gasteiger partial charge >= 0.3 is 0 Å². The summed E-state index contributed by atoms with van der Waals surface area (Å²) in [6.07, 6.45) is 5.20. The number of nitrogens with zero attached hydrogens (tertiary/aromatic N) is 2. The van der Waals surface area contributed by atoms with Crippen molar-refractivity contribution < 1.29 is 4.74 Å². The summed E-state index contributed by atoms with van der Waals surface area (Å²) >= 11 is 0. The maximum Gasteiger partial charge on any atom is 0.162 e. The number of rotatable bonds is 4. The van der Waals surface area contributed by atoms with Crippen LogP contribution in [0.2, 0.25) is 0 Å². The summed E-state index contributed by atoms with van der Waals surface area (Å²) < 4.78 is 5.94. The number of aromatic nitrogens is 2. The number of ether oxygens (including phenoxy) is 1. The maximum absolute atomic E-state index is 5.94. The van der Waals surface area contributed by atoms with Crippen LogP contribution < -0.4 is 5.32 Å². The van der Waals surface area contributed by atoms with E-state index in [1.165, 1.54) is 0 Å². The van der Waals surface area contributed by atoms with Gasteiger partial charge in [-0.3, -0.25) is 0 Å². The lowest BCUT2D eigenvalue weighted by Crippen LogP contribution is -2.38. The monoisotopic (exact) mass is 291 g/mol. The van der Waals surface area contributed by atoms with Crippen LogP contribution in [0.25, 0.3) is 0 Å². The molecule has 0 aromatic carbocycles. The molecule has 21 heavy (non-hydrogen) atoms. The van der Waals surface area contributed by atoms with E-state index in [-0.39, 0.29) is 5.60 Å². The number of hydrogen-bond donors (Lipinski definition) is 1. The first-order valence-electron chi connectivity index (χ1n) is 7.98. The van der Waals surface area contributed by atoms with Gasteiger partial charge in [-0.25, -0.2) is 9.97 Å². The van der Waals surface area contributed by atoms with Crippen LogP contribution in [0.1, 0.15) is 63.5 Å². The third kappa shape index (κ3) is 3.05. The summed E-state index contributed by atoms with van der Waals surface area (Å²) in [7, 11) is 3.72. The lowest BCUT2D eigenvalue weighted by atomic mass is 9.70. The second-order valence-electron chi connectivity index (χ2n) is 6.93. The van der Waals surface area contributed by atoms with Crippen molar-refractivity contribution in [3.8, 4) is 0 Å². The topological polar surface area (TPSA) is 47.0 Å². The molecule has 0 atom stereocenters. The molecule has 0 spiro atoms. The Labute approximate surface area is 128 Å². The zero-order valence-electron chi connectivity index (χ0n) is 14.3. The molecule has 1 aromatic rings. The van der Waals surface area contributed by atoms with Crippen molar-refractivity contribution in [3.63, 3.8) is 0 Å². The normalized spacial score (nSPS) is 20.3. The second-order valence-corrected chi connectivity index (χ2v) is 6.93. The van der Waals surface area contributed by atoms with Gasteiger partial charge in [-0.1, -0.05) is 20.8 Å². The molecule has 4 nitrogen and oxygen atoms in total. The van der Waals surface area contributed by atoms with E-state index >= 15 is 0 Å². The first kappa shape index (κ1) is 16.2. The predicted molar refractivity (Wildman–Crippen MR) is 86.6 cm³/mol. The van der Waals surface area contributed by atoms with Crippen LogP contribution in [0.3, 0.4) is 0 Å². The van der Waals surface area contributed by atoms with E-state index in [0.717, 1.165) is 55.0 Å². The van der Waals surface area contributed by atoms with E-state index in [2.05, 4.69) is 33.0 Å². The molecular weight excluding hydrogens is 262 g/mol. The highest BCUT2D eigenvalue weighted by Gasteiger charge is 2.42. The van der Waals surface area contributed by atoms with Crippen LogP contribution in [-0.4, -0.2) is 24.1 Å². The zero-order chi connectivity index (χ0) is 15.7. The summed E-state index contributed by atoms with van der Waals surface area (Å²) in [6, 6.07) is 0. The predicted octanol–water partition coefficient (Wildman–Crippen LogP) is 3.83. The van der Waals surface area contributed by atoms with Gasteiger partial charge in [0.1, 0.15) is 11.4 Å². The minimum absolute atomic E-state index is 0.321. The maximum atomic E-state index is 5.94. The third-order valence-corrected chi connectivity index (χ3v) is 5.03. The van der Waals surface area contributed by atoms with Gasteiger partial charge in [0.2, 0.25) is 0 Å². The van der Waals surface area contributed by atoms with Gasteiger partial charge in [-0.05, 0) is 44.4 Å². The molecule has 0 saturated heterocycles. The first-order valence-corrected chi connectivity index (χ1v) is 7.98. The van der Waals surface area contributed by atoms with E-state index in [0.29, 0.717) is 5.41 Å². The number of hydrogen-bond acceptors (Lipinski definition) is 4. The lowest BCUT2D eigenvalue weighted by molar-refractivity contribution is -0.0729. The van der Waals surface area contributed by atoms with Gasteiger partial charge in [0.25, 0.3) is 0 Å². The minimum atomic E-state index is -0.321. The molecule has 4 heteroatoms. The summed E-state index contributed by atoms with van der Waals surface area (Å²) in [5, 5.41) is 3.20. The van der Waals surface area contributed by atoms with Crippen LogP contribution in [0, 0.1) is 12.3 Å². The van der Waals surface area contributed by atoms with Crippen molar-refractivity contribution in [2.45, 2.75) is 65.4 Å². The fourth-order valence-electron chi connectivity index (χ4n) is 3.20. The quantitative estimate of drug-likeness (QED) is 0.916. The molecule has 1 N–H and O–H groups in total. The summed E-state index contributed by atoms with van der Waals surface area (Å²) in [5.41, 5.74) is 2.34. The van der Waals surface area contributed by atoms with E-state index < -0.39 is 0 Å². The van der Waals surface area contributed by atoms with Crippen molar-refractivity contribution in [2.75, 3.05) is 19.5 Å². The van der Waals surface area contributed by atoms with Crippen molar-refractivity contribution in [1.29, 1.82) is 0 Å². The molecule has 118 valence electrons. The van der Waals surface area contributed by atoms with Gasteiger partial charge in [-0.15, -0.1) is 0 Å². The number of nitrogens with one attached hydrogen (secondary N) is 1. The highest BCUT2D eigenvalue weighted by molar-refractivity contribution is 5.45. The molecule has 1 saturated carbocycles. The van der Waals surface area contributed by atoms with Crippen LogP contribution in [-0.2, 0) is 16.8 Å². The summed E-state index contributed by atoms with van der Waals surface area (Å²) in [4.78, 5) is 9.60. The molecule has 0 aliphatic heterocycles. The van der Waals surface area contributed by atoms with E-state index in [4.69, 9.17) is 14.7 Å². The average molecular weight is 291 g/mol. The van der Waals surface area contributed by atoms with Gasteiger partial charge in [-0.2, -0.15) is 0 Å². The zero-order valence-corrected chi connectivity index (χ0v) is 14.3. The minimum Gasteiger partial charge on any atom is -0.373 e. The Bertz CT molecular complexity index is 476. The van der Waals surface area contributed by atoms with E-state index in [1.54, 1.807) is 7.11 Å². The second kappa shape index (κ2) is 5.91. The van der Waals surface area contributed by atoms with Crippen molar-refractivity contribution in [2.24, 2.45) is 5.41 Å². The molecule has 0 radical (unpaired) electrons. The molecule has 1 heterocycles. The van der Waals surface area contributed by atoms with E-state index in [1.807, 2.05) is 7.05 Å². The van der Waals surface area contributed by atoms with Gasteiger partial charge < -0.3 is 10.1 Å². The van der Waals surface area contributed by atoms with Crippen LogP contribution in [0.15, 0.2) is 0 Å². The highest BCUT2D eigenvalue weighted by Crippen LogP contribution is 2.46. The first-order chi connectivity index (χ1) is 9.87. The Morgan fingerprint density at radius 1 is 1.14 bits per heavy atom. The van der Waals surface area contributed by atoms with Crippen molar-refractivity contribution >= 4 is 5.82 Å². The molecule has 2 rings (SSSR count). The Hall–Kier alpha value is -1.16. The SMILES string of the molecule is CCc1nc(C2(OC)CCC(C)(C)CC2)nc(NC)c1C. The van der Waals surface area contributed by atoms with Gasteiger partial charge in [0.15, 0.2) is 5.82 Å².